The van der Waals surface area contributed by atoms with E-state index in [0.717, 1.165) is 24.4 Å². The first kappa shape index (κ1) is 19.6. The Hall–Kier alpha value is -3.67. The van der Waals surface area contributed by atoms with Gasteiger partial charge in [-0.1, -0.05) is 6.07 Å². The number of nitrogens with zero attached hydrogens (tertiary/aromatic N) is 4. The predicted octanol–water partition coefficient (Wildman–Crippen LogP) is 4.10. The van der Waals surface area contributed by atoms with Crippen molar-refractivity contribution in [2.24, 2.45) is 0 Å². The maximum atomic E-state index is 13.0. The molecule has 1 aliphatic rings. The lowest BCUT2D eigenvalue weighted by molar-refractivity contribution is -0.141. The lowest BCUT2D eigenvalue weighted by atomic mass is 10.0. The van der Waals surface area contributed by atoms with Gasteiger partial charge in [-0.25, -0.2) is 0 Å². The van der Waals surface area contributed by atoms with Crippen LogP contribution < -0.4 is 5.32 Å². The number of rotatable bonds is 3. The van der Waals surface area contributed by atoms with Crippen molar-refractivity contribution in [1.82, 2.24) is 20.1 Å². The van der Waals surface area contributed by atoms with Crippen molar-refractivity contribution in [3.8, 4) is 17.3 Å². The summed E-state index contributed by atoms with van der Waals surface area (Å²) in [6, 6.07) is 12.2. The fraction of sp³-hybridized carbons (Fsp3) is 0.238. The van der Waals surface area contributed by atoms with Crippen molar-refractivity contribution < 1.29 is 18.0 Å². The first-order valence-electron chi connectivity index (χ1n) is 9.27. The lowest BCUT2D eigenvalue weighted by Gasteiger charge is -2.24. The molecule has 0 saturated carbocycles. The molecule has 0 spiro atoms. The molecular weight excluding hydrogens is 395 g/mol. The van der Waals surface area contributed by atoms with E-state index < -0.39 is 11.9 Å². The van der Waals surface area contributed by atoms with Gasteiger partial charge >= 0.3 is 6.18 Å². The lowest BCUT2D eigenvalue weighted by Crippen LogP contribution is -2.32. The van der Waals surface area contributed by atoms with Crippen LogP contribution in [0.4, 0.5) is 13.2 Å². The smallest absolute Gasteiger partial charge is 0.344 e. The van der Waals surface area contributed by atoms with Gasteiger partial charge in [-0.2, -0.15) is 23.5 Å². The second-order valence-corrected chi connectivity index (χ2v) is 6.97. The number of nitriles is 1. The molecule has 3 heterocycles. The van der Waals surface area contributed by atoms with Gasteiger partial charge in [0, 0.05) is 23.9 Å². The summed E-state index contributed by atoms with van der Waals surface area (Å²) >= 11 is 0. The van der Waals surface area contributed by atoms with E-state index >= 15 is 0 Å². The van der Waals surface area contributed by atoms with E-state index in [9.17, 15) is 18.0 Å². The molecule has 1 atom stereocenters. The monoisotopic (exact) mass is 411 g/mol. The topological polar surface area (TPSA) is 83.6 Å². The standard InChI is InChI=1S/C21H16F3N5O/c22-21(23,24)19-10-14(6-7-26-19)17-11-18-16(5-2-8-29(18)28-17)27-20(30)15-4-1-3-13(9-15)12-25/h1,3-4,6-7,9-11,16H,2,5,8H2,(H,27,30)/t16-/m0/s1. The molecule has 1 aliphatic heterocycles. The van der Waals surface area contributed by atoms with Crippen LogP contribution in [0.15, 0.2) is 48.7 Å². The number of halogens is 3. The summed E-state index contributed by atoms with van der Waals surface area (Å²) in [4.78, 5) is 16.0. The van der Waals surface area contributed by atoms with Crippen molar-refractivity contribution in [2.75, 3.05) is 0 Å². The van der Waals surface area contributed by atoms with E-state index in [-0.39, 0.29) is 11.9 Å². The van der Waals surface area contributed by atoms with Gasteiger partial charge in [0.05, 0.1) is 29.1 Å². The van der Waals surface area contributed by atoms with E-state index in [0.29, 0.717) is 35.3 Å². The normalized spacial score (nSPS) is 15.9. The zero-order valence-corrected chi connectivity index (χ0v) is 15.6. The third-order valence-corrected chi connectivity index (χ3v) is 4.94. The molecule has 0 aliphatic carbocycles. The van der Waals surface area contributed by atoms with Crippen molar-refractivity contribution in [3.63, 3.8) is 0 Å². The second-order valence-electron chi connectivity index (χ2n) is 6.97. The number of hydrogen-bond donors (Lipinski definition) is 1. The fourth-order valence-corrected chi connectivity index (χ4v) is 3.49. The van der Waals surface area contributed by atoms with Crippen LogP contribution in [0, 0.1) is 11.3 Å². The summed E-state index contributed by atoms with van der Waals surface area (Å²) < 4.78 is 40.6. The van der Waals surface area contributed by atoms with Crippen LogP contribution in [0.1, 0.15) is 46.2 Å². The van der Waals surface area contributed by atoms with Crippen LogP contribution in [0.3, 0.4) is 0 Å². The van der Waals surface area contributed by atoms with Gasteiger partial charge in [0.25, 0.3) is 5.91 Å². The first-order chi connectivity index (χ1) is 14.3. The van der Waals surface area contributed by atoms with Crippen molar-refractivity contribution in [1.29, 1.82) is 5.26 Å². The highest BCUT2D eigenvalue weighted by atomic mass is 19.4. The number of benzene rings is 1. The van der Waals surface area contributed by atoms with Gasteiger partial charge in [0.15, 0.2) is 0 Å². The molecule has 0 saturated heterocycles. The highest BCUT2D eigenvalue weighted by Gasteiger charge is 2.33. The minimum absolute atomic E-state index is 0.311. The Labute approximate surface area is 170 Å². The molecular formula is C21H16F3N5O. The van der Waals surface area contributed by atoms with Crippen LogP contribution in [0.5, 0.6) is 0 Å². The number of fused-ring (bicyclic) bond motifs is 1. The van der Waals surface area contributed by atoms with Crippen LogP contribution in [0.2, 0.25) is 0 Å². The number of carbonyl (C=O) groups is 1. The Bertz CT molecular complexity index is 1150. The Morgan fingerprint density at radius 2 is 2.07 bits per heavy atom. The largest absolute Gasteiger partial charge is 0.433 e. The predicted molar refractivity (Wildman–Crippen MR) is 101 cm³/mol. The Morgan fingerprint density at radius 3 is 2.83 bits per heavy atom. The summed E-state index contributed by atoms with van der Waals surface area (Å²) in [5, 5.41) is 16.4. The minimum Gasteiger partial charge on any atom is -0.344 e. The van der Waals surface area contributed by atoms with Gasteiger partial charge in [-0.05, 0) is 49.2 Å². The summed E-state index contributed by atoms with van der Waals surface area (Å²) in [6.45, 7) is 0.614. The summed E-state index contributed by atoms with van der Waals surface area (Å²) in [7, 11) is 0. The van der Waals surface area contributed by atoms with Gasteiger partial charge in [0.2, 0.25) is 0 Å². The number of carbonyl (C=O) groups excluding carboxylic acids is 1. The zero-order chi connectivity index (χ0) is 21.3. The number of aryl methyl sites for hydroxylation is 1. The van der Waals surface area contributed by atoms with Crippen LogP contribution in [-0.4, -0.2) is 20.7 Å². The molecule has 9 heteroatoms. The molecule has 0 unspecified atom stereocenters. The van der Waals surface area contributed by atoms with E-state index in [1.165, 1.54) is 12.1 Å². The molecule has 152 valence electrons. The third kappa shape index (κ3) is 3.89. The van der Waals surface area contributed by atoms with E-state index in [2.05, 4.69) is 15.4 Å². The summed E-state index contributed by atoms with van der Waals surface area (Å²) in [5.74, 6) is -0.323. The number of hydrogen-bond acceptors (Lipinski definition) is 4. The third-order valence-electron chi connectivity index (χ3n) is 4.94. The van der Waals surface area contributed by atoms with Crippen LogP contribution in [0.25, 0.3) is 11.3 Å². The average molecular weight is 411 g/mol. The van der Waals surface area contributed by atoms with Gasteiger partial charge in [0.1, 0.15) is 5.69 Å². The summed E-state index contributed by atoms with van der Waals surface area (Å²) in [5.41, 5.74) is 1.21. The molecule has 1 aromatic carbocycles. The van der Waals surface area contributed by atoms with E-state index in [1.807, 2.05) is 6.07 Å². The van der Waals surface area contributed by atoms with Gasteiger partial charge in [-0.15, -0.1) is 0 Å². The second kappa shape index (κ2) is 7.63. The Kier molecular flexibility index (Phi) is 4.99. The molecule has 0 fully saturated rings. The molecule has 3 aromatic rings. The van der Waals surface area contributed by atoms with Crippen molar-refractivity contribution in [3.05, 3.63) is 71.2 Å². The van der Waals surface area contributed by atoms with Crippen molar-refractivity contribution >= 4 is 5.91 Å². The molecule has 2 aromatic heterocycles. The van der Waals surface area contributed by atoms with Gasteiger partial charge < -0.3 is 5.32 Å². The van der Waals surface area contributed by atoms with Crippen LogP contribution in [-0.2, 0) is 12.7 Å². The zero-order valence-electron chi connectivity index (χ0n) is 15.6. The van der Waals surface area contributed by atoms with Crippen LogP contribution >= 0.6 is 0 Å². The number of alkyl halides is 3. The quantitative estimate of drug-likeness (QED) is 0.703. The number of aromatic nitrogens is 3. The van der Waals surface area contributed by atoms with Gasteiger partial charge in [-0.3, -0.25) is 14.5 Å². The molecule has 1 amide bonds. The Morgan fingerprint density at radius 1 is 1.23 bits per heavy atom. The SMILES string of the molecule is N#Cc1cccc(C(=O)N[C@H]2CCCn3nc(-c4ccnc(C(F)(F)F)c4)cc32)c1. The molecule has 1 N–H and O–H groups in total. The minimum atomic E-state index is -4.54. The molecule has 6 nitrogen and oxygen atoms in total. The maximum Gasteiger partial charge on any atom is 0.433 e. The molecule has 4 rings (SSSR count). The fourth-order valence-electron chi connectivity index (χ4n) is 3.49. The molecule has 30 heavy (non-hydrogen) atoms. The maximum absolute atomic E-state index is 13.0. The van der Waals surface area contributed by atoms with Crippen molar-refractivity contribution in [2.45, 2.75) is 31.6 Å². The highest BCUT2D eigenvalue weighted by Crippen LogP contribution is 2.32. The summed E-state index contributed by atoms with van der Waals surface area (Å²) in [6.07, 6.45) is -1.98. The van der Waals surface area contributed by atoms with E-state index in [4.69, 9.17) is 5.26 Å². The number of amides is 1. The molecule has 0 bridgehead atoms. The average Bonchev–Trinajstić information content (AvgIpc) is 3.19. The number of pyridine rings is 1. The molecule has 0 radical (unpaired) electrons. The number of nitrogens with one attached hydrogen (secondary N) is 1. The first-order valence-corrected chi connectivity index (χ1v) is 9.27. The highest BCUT2D eigenvalue weighted by molar-refractivity contribution is 5.94. The Balaban J connectivity index is 1.60. The van der Waals surface area contributed by atoms with E-state index in [1.54, 1.807) is 28.9 Å².